The number of phenols is 1. The molecule has 1 aliphatic heterocycles. The SMILES string of the molecule is CC(C)=CCCC(C)=CCCC(C)=CCCC(C)=CCCC(C)=CCCC(C)=CCC[C@@]1(C)C=Cc2cc(O)ccc2O1. The van der Waals surface area contributed by atoms with Gasteiger partial charge in [-0.2, -0.15) is 0 Å². The maximum atomic E-state index is 9.68. The van der Waals surface area contributed by atoms with Crippen LogP contribution in [0.2, 0.25) is 0 Å². The van der Waals surface area contributed by atoms with E-state index in [9.17, 15) is 5.11 Å². The molecule has 0 spiro atoms. The van der Waals surface area contributed by atoms with E-state index in [2.05, 4.69) is 104 Å². The third-order valence-corrected chi connectivity index (χ3v) is 8.30. The molecule has 43 heavy (non-hydrogen) atoms. The monoisotopic (exact) mass is 584 g/mol. The summed E-state index contributed by atoms with van der Waals surface area (Å²) in [6.45, 7) is 17.8. The van der Waals surface area contributed by atoms with Crippen molar-refractivity contribution in [2.75, 3.05) is 0 Å². The first kappa shape index (κ1) is 36.2. The van der Waals surface area contributed by atoms with Gasteiger partial charge in [0, 0.05) is 5.56 Å². The van der Waals surface area contributed by atoms with E-state index < -0.39 is 0 Å². The van der Waals surface area contributed by atoms with E-state index in [-0.39, 0.29) is 11.4 Å². The second-order valence-corrected chi connectivity index (χ2v) is 13.2. The van der Waals surface area contributed by atoms with Crippen LogP contribution in [0.15, 0.2) is 94.2 Å². The van der Waals surface area contributed by atoms with Gasteiger partial charge in [0.2, 0.25) is 0 Å². The Morgan fingerprint density at radius 1 is 0.628 bits per heavy atom. The van der Waals surface area contributed by atoms with Crippen molar-refractivity contribution in [2.45, 2.75) is 138 Å². The Hall–Kier alpha value is -3.00. The van der Waals surface area contributed by atoms with Crippen molar-refractivity contribution in [3.63, 3.8) is 0 Å². The number of allylic oxidation sites excluding steroid dienone is 12. The van der Waals surface area contributed by atoms with Crippen molar-refractivity contribution in [1.29, 1.82) is 0 Å². The van der Waals surface area contributed by atoms with Crippen LogP contribution in [-0.4, -0.2) is 10.7 Å². The maximum absolute atomic E-state index is 9.68. The maximum Gasteiger partial charge on any atom is 0.128 e. The van der Waals surface area contributed by atoms with Crippen LogP contribution in [0.3, 0.4) is 0 Å². The molecule has 0 aromatic heterocycles. The van der Waals surface area contributed by atoms with Gasteiger partial charge in [0.15, 0.2) is 0 Å². The minimum atomic E-state index is -0.306. The fourth-order valence-corrected chi connectivity index (χ4v) is 5.33. The second-order valence-electron chi connectivity index (χ2n) is 13.2. The van der Waals surface area contributed by atoms with Gasteiger partial charge >= 0.3 is 0 Å². The van der Waals surface area contributed by atoms with E-state index in [0.29, 0.717) is 0 Å². The Morgan fingerprint density at radius 2 is 1.05 bits per heavy atom. The van der Waals surface area contributed by atoms with Gasteiger partial charge in [-0.1, -0.05) is 76.0 Å². The minimum Gasteiger partial charge on any atom is -0.508 e. The zero-order chi connectivity index (χ0) is 31.7. The number of ether oxygens (including phenoxy) is 1. The molecule has 1 N–H and O–H groups in total. The van der Waals surface area contributed by atoms with Gasteiger partial charge in [-0.3, -0.25) is 0 Å². The Balaban J connectivity index is 1.61. The van der Waals surface area contributed by atoms with Gasteiger partial charge in [-0.05, 0) is 157 Å². The number of aromatic hydroxyl groups is 1. The molecule has 0 radical (unpaired) electrons. The van der Waals surface area contributed by atoms with Crippen molar-refractivity contribution < 1.29 is 9.84 Å². The largest absolute Gasteiger partial charge is 0.508 e. The average Bonchev–Trinajstić information content (AvgIpc) is 2.93. The lowest BCUT2D eigenvalue weighted by Gasteiger charge is -2.31. The van der Waals surface area contributed by atoms with Gasteiger partial charge in [-0.15, -0.1) is 0 Å². The fourth-order valence-electron chi connectivity index (χ4n) is 5.33. The molecular weight excluding hydrogens is 524 g/mol. The third-order valence-electron chi connectivity index (χ3n) is 8.30. The number of hydrogen-bond acceptors (Lipinski definition) is 2. The lowest BCUT2D eigenvalue weighted by atomic mass is 9.94. The molecule has 0 fully saturated rings. The normalized spacial score (nSPS) is 18.0. The van der Waals surface area contributed by atoms with Gasteiger partial charge in [0.1, 0.15) is 17.1 Å². The molecule has 236 valence electrons. The standard InChI is InChI=1S/C41H60O2/c1-32(2)15-9-16-33(3)17-10-18-34(4)19-11-20-35(5)21-12-22-36(6)23-13-24-37(7)25-14-29-41(8)30-28-38-31-39(42)26-27-40(38)43-41/h15,17,19,21,23,25-28,30-31,42H,9-14,16,18,20,22,24,29H2,1-8H3/t41-/m0/s1. The van der Waals surface area contributed by atoms with E-state index in [1.165, 1.54) is 46.3 Å². The van der Waals surface area contributed by atoms with Gasteiger partial charge in [0.05, 0.1) is 0 Å². The third kappa shape index (κ3) is 15.9. The van der Waals surface area contributed by atoms with Crippen LogP contribution < -0.4 is 4.74 Å². The van der Waals surface area contributed by atoms with Gasteiger partial charge in [-0.25, -0.2) is 0 Å². The highest BCUT2D eigenvalue weighted by molar-refractivity contribution is 5.62. The summed E-state index contributed by atoms with van der Waals surface area (Å²) in [6.07, 6.45) is 32.0. The van der Waals surface area contributed by atoms with Crippen LogP contribution in [0.1, 0.15) is 138 Å². The molecule has 0 aliphatic carbocycles. The number of fused-ring (bicyclic) bond motifs is 1. The molecule has 2 rings (SSSR count). The molecule has 0 amide bonds. The summed E-state index contributed by atoms with van der Waals surface area (Å²) in [6, 6.07) is 5.29. The van der Waals surface area contributed by atoms with E-state index in [4.69, 9.17) is 4.74 Å². The molecule has 0 saturated heterocycles. The Bertz CT molecular complexity index is 1230. The van der Waals surface area contributed by atoms with Crippen LogP contribution in [0.25, 0.3) is 6.08 Å². The van der Waals surface area contributed by atoms with E-state index in [1.807, 2.05) is 6.07 Å². The number of rotatable bonds is 18. The first-order valence-corrected chi connectivity index (χ1v) is 16.6. The second kappa shape index (κ2) is 19.3. The topological polar surface area (TPSA) is 29.5 Å². The van der Waals surface area contributed by atoms with Crippen LogP contribution >= 0.6 is 0 Å². The summed E-state index contributed by atoms with van der Waals surface area (Å²) in [5, 5.41) is 9.68. The van der Waals surface area contributed by atoms with Crippen LogP contribution in [-0.2, 0) is 0 Å². The molecule has 0 bridgehead atoms. The molecule has 1 atom stereocenters. The molecule has 1 aromatic rings. The summed E-state index contributed by atoms with van der Waals surface area (Å²) < 4.78 is 6.24. The van der Waals surface area contributed by atoms with Gasteiger partial charge < -0.3 is 9.84 Å². The highest BCUT2D eigenvalue weighted by Crippen LogP contribution is 2.35. The van der Waals surface area contributed by atoms with Crippen molar-refractivity contribution in [2.24, 2.45) is 0 Å². The number of hydrogen-bond donors (Lipinski definition) is 1. The summed E-state index contributed by atoms with van der Waals surface area (Å²) in [7, 11) is 0. The molecule has 1 heterocycles. The first-order chi connectivity index (χ1) is 20.5. The van der Waals surface area contributed by atoms with Crippen molar-refractivity contribution in [3.05, 3.63) is 99.7 Å². The summed E-state index contributed by atoms with van der Waals surface area (Å²) >= 11 is 0. The average molecular weight is 585 g/mol. The van der Waals surface area contributed by atoms with Crippen molar-refractivity contribution in [1.82, 2.24) is 0 Å². The van der Waals surface area contributed by atoms with Crippen LogP contribution in [0.4, 0.5) is 0 Å². The lowest BCUT2D eigenvalue weighted by molar-refractivity contribution is 0.128. The predicted molar refractivity (Wildman–Crippen MR) is 190 cm³/mol. The predicted octanol–water partition coefficient (Wildman–Crippen LogP) is 12.9. The fraction of sp³-hybridized carbons (Fsp3) is 0.512. The van der Waals surface area contributed by atoms with Crippen LogP contribution in [0, 0.1) is 0 Å². The summed E-state index contributed by atoms with van der Waals surface area (Å²) in [5.41, 5.74) is 9.54. The van der Waals surface area contributed by atoms with Crippen molar-refractivity contribution in [3.8, 4) is 11.5 Å². The van der Waals surface area contributed by atoms with Crippen molar-refractivity contribution >= 4 is 6.08 Å². The molecular formula is C41H60O2. The number of benzene rings is 1. The first-order valence-electron chi connectivity index (χ1n) is 16.6. The highest BCUT2D eigenvalue weighted by Gasteiger charge is 2.26. The van der Waals surface area contributed by atoms with E-state index >= 15 is 0 Å². The van der Waals surface area contributed by atoms with E-state index in [0.717, 1.165) is 75.5 Å². The summed E-state index contributed by atoms with van der Waals surface area (Å²) in [5.74, 6) is 1.12. The highest BCUT2D eigenvalue weighted by atomic mass is 16.5. The zero-order valence-corrected chi connectivity index (χ0v) is 28.7. The van der Waals surface area contributed by atoms with Crippen LogP contribution in [0.5, 0.6) is 11.5 Å². The lowest BCUT2D eigenvalue weighted by Crippen LogP contribution is -2.31. The molecule has 0 unspecified atom stereocenters. The molecule has 2 heteroatoms. The smallest absolute Gasteiger partial charge is 0.128 e. The molecule has 2 nitrogen and oxygen atoms in total. The quantitative estimate of drug-likeness (QED) is 0.174. The van der Waals surface area contributed by atoms with Gasteiger partial charge in [0.25, 0.3) is 0 Å². The van der Waals surface area contributed by atoms with E-state index in [1.54, 1.807) is 12.1 Å². The Labute approximate surface area is 264 Å². The molecule has 1 aliphatic rings. The zero-order valence-electron chi connectivity index (χ0n) is 28.7. The molecule has 1 aromatic carbocycles. The Morgan fingerprint density at radius 3 is 1.49 bits per heavy atom. The minimum absolute atomic E-state index is 0.273. The number of phenolic OH excluding ortho intramolecular Hbond substituents is 1. The molecule has 0 saturated carbocycles. The summed E-state index contributed by atoms with van der Waals surface area (Å²) in [4.78, 5) is 0. The Kier molecular flexibility index (Phi) is 16.3.